The van der Waals surface area contributed by atoms with E-state index in [2.05, 4.69) is 0 Å². The van der Waals surface area contributed by atoms with Crippen LogP contribution in [0.2, 0.25) is 5.82 Å². The molecular weight excluding hydrogens is 231 g/mol. The molecule has 1 fully saturated rings. The molecule has 0 spiro atoms. The molecule has 0 saturated heterocycles. The standard InChI is InChI=1S/C13H15BO4/c1-3-17-13(15)11-7(2)4-5-8-9-6-10(9)14(16)18-12(8)11/h4-5,9-10,16H,3,6H2,1-2H3/t9-,10-/m1/s1. The number of hydrogen-bond acceptors (Lipinski definition) is 4. The maximum absolute atomic E-state index is 12.0. The summed E-state index contributed by atoms with van der Waals surface area (Å²) in [5.41, 5.74) is 2.30. The van der Waals surface area contributed by atoms with Crippen molar-refractivity contribution in [1.82, 2.24) is 0 Å². The number of hydrogen-bond donors (Lipinski definition) is 1. The quantitative estimate of drug-likeness (QED) is 0.639. The van der Waals surface area contributed by atoms with E-state index in [1.807, 2.05) is 19.1 Å². The summed E-state index contributed by atoms with van der Waals surface area (Å²) in [6.45, 7) is 3.95. The van der Waals surface area contributed by atoms with Crippen LogP contribution in [0, 0.1) is 6.92 Å². The summed E-state index contributed by atoms with van der Waals surface area (Å²) in [5.74, 6) is 0.658. The van der Waals surface area contributed by atoms with Gasteiger partial charge in [-0.1, -0.05) is 12.1 Å². The van der Waals surface area contributed by atoms with E-state index in [9.17, 15) is 9.82 Å². The number of rotatable bonds is 2. The van der Waals surface area contributed by atoms with E-state index in [0.717, 1.165) is 17.5 Å². The fourth-order valence-electron chi connectivity index (χ4n) is 2.67. The highest BCUT2D eigenvalue weighted by atomic mass is 16.5. The monoisotopic (exact) mass is 246 g/mol. The van der Waals surface area contributed by atoms with E-state index < -0.39 is 7.12 Å². The highest BCUT2D eigenvalue weighted by molar-refractivity contribution is 6.48. The fourth-order valence-corrected chi connectivity index (χ4v) is 2.67. The minimum absolute atomic E-state index is 0.190. The van der Waals surface area contributed by atoms with Crippen molar-refractivity contribution in [3.63, 3.8) is 0 Å². The Morgan fingerprint density at radius 2 is 2.39 bits per heavy atom. The van der Waals surface area contributed by atoms with Crippen molar-refractivity contribution in [2.24, 2.45) is 0 Å². The lowest BCUT2D eigenvalue weighted by Crippen LogP contribution is -2.28. The molecule has 18 heavy (non-hydrogen) atoms. The van der Waals surface area contributed by atoms with Crippen LogP contribution in [0.25, 0.3) is 0 Å². The molecule has 2 aliphatic rings. The SMILES string of the molecule is CCOC(=O)c1c(C)ccc2c1OB(O)[C@@H]1C[C@H]21. The van der Waals surface area contributed by atoms with Gasteiger partial charge in [0.25, 0.3) is 0 Å². The molecule has 4 nitrogen and oxygen atoms in total. The zero-order valence-electron chi connectivity index (χ0n) is 10.5. The number of benzene rings is 1. The Bertz CT molecular complexity index is 514. The Labute approximate surface area is 106 Å². The Kier molecular flexibility index (Phi) is 2.59. The smallest absolute Gasteiger partial charge is 0.526 e. The van der Waals surface area contributed by atoms with E-state index >= 15 is 0 Å². The van der Waals surface area contributed by atoms with Crippen LogP contribution in [-0.2, 0) is 4.74 Å². The summed E-state index contributed by atoms with van der Waals surface area (Å²) in [6.07, 6.45) is 0.930. The summed E-state index contributed by atoms with van der Waals surface area (Å²) < 4.78 is 10.6. The van der Waals surface area contributed by atoms with Crippen molar-refractivity contribution in [1.29, 1.82) is 0 Å². The third kappa shape index (κ3) is 1.62. The minimum Gasteiger partial charge on any atom is -0.535 e. The molecule has 0 bridgehead atoms. The van der Waals surface area contributed by atoms with E-state index in [-0.39, 0.29) is 11.8 Å². The summed E-state index contributed by atoms with van der Waals surface area (Å²) in [4.78, 5) is 12.0. The second-order valence-corrected chi connectivity index (χ2v) is 4.91. The predicted octanol–water partition coefficient (Wildman–Crippen LogP) is 1.90. The third-order valence-corrected chi connectivity index (χ3v) is 3.72. The van der Waals surface area contributed by atoms with Gasteiger partial charge in [0.2, 0.25) is 0 Å². The highest BCUT2D eigenvalue weighted by Crippen LogP contribution is 2.60. The molecule has 1 aromatic carbocycles. The maximum atomic E-state index is 12.0. The van der Waals surface area contributed by atoms with Gasteiger partial charge in [0.1, 0.15) is 11.3 Å². The summed E-state index contributed by atoms with van der Waals surface area (Å²) >= 11 is 0. The van der Waals surface area contributed by atoms with Crippen LogP contribution in [0.1, 0.15) is 40.7 Å². The highest BCUT2D eigenvalue weighted by Gasteiger charge is 2.54. The van der Waals surface area contributed by atoms with Gasteiger partial charge in [0.15, 0.2) is 0 Å². The maximum Gasteiger partial charge on any atom is 0.526 e. The van der Waals surface area contributed by atoms with Gasteiger partial charge in [0.05, 0.1) is 6.61 Å². The van der Waals surface area contributed by atoms with E-state index in [4.69, 9.17) is 9.39 Å². The van der Waals surface area contributed by atoms with Gasteiger partial charge in [-0.3, -0.25) is 0 Å². The first-order valence-electron chi connectivity index (χ1n) is 6.28. The first-order valence-corrected chi connectivity index (χ1v) is 6.28. The molecule has 0 radical (unpaired) electrons. The van der Waals surface area contributed by atoms with Crippen molar-refractivity contribution in [2.45, 2.75) is 32.0 Å². The second-order valence-electron chi connectivity index (χ2n) is 4.91. The van der Waals surface area contributed by atoms with E-state index in [1.54, 1.807) is 6.92 Å². The molecule has 0 unspecified atom stereocenters. The van der Waals surface area contributed by atoms with Gasteiger partial charge >= 0.3 is 13.1 Å². The Morgan fingerprint density at radius 1 is 1.61 bits per heavy atom. The topological polar surface area (TPSA) is 55.8 Å². The molecule has 1 N–H and O–H groups in total. The molecule has 1 heterocycles. The number of esters is 1. The van der Waals surface area contributed by atoms with Crippen LogP contribution < -0.4 is 4.65 Å². The molecule has 1 aliphatic carbocycles. The lowest BCUT2D eigenvalue weighted by molar-refractivity contribution is 0.0523. The number of aryl methyl sites for hydroxylation is 1. The van der Waals surface area contributed by atoms with Crippen molar-refractivity contribution in [3.05, 3.63) is 28.8 Å². The normalized spacial score (nSPS) is 23.8. The molecule has 2 atom stereocenters. The molecular formula is C13H15BO4. The van der Waals surface area contributed by atoms with Crippen molar-refractivity contribution in [2.75, 3.05) is 6.61 Å². The minimum atomic E-state index is -0.794. The van der Waals surface area contributed by atoms with Crippen molar-refractivity contribution >= 4 is 13.1 Å². The number of ether oxygens (including phenoxy) is 1. The zero-order chi connectivity index (χ0) is 12.9. The van der Waals surface area contributed by atoms with Crippen LogP contribution in [0.5, 0.6) is 5.75 Å². The van der Waals surface area contributed by atoms with Gasteiger partial charge in [0, 0.05) is 5.82 Å². The first-order chi connectivity index (χ1) is 8.63. The summed E-state index contributed by atoms with van der Waals surface area (Å²) in [7, 11) is -0.794. The van der Waals surface area contributed by atoms with Crippen LogP contribution in [-0.4, -0.2) is 24.7 Å². The van der Waals surface area contributed by atoms with Gasteiger partial charge in [-0.05, 0) is 37.3 Å². The first kappa shape index (κ1) is 11.6. The molecule has 0 aromatic heterocycles. The average Bonchev–Trinajstić information content (AvgIpc) is 3.09. The molecule has 1 aliphatic heterocycles. The Hall–Kier alpha value is -1.49. The van der Waals surface area contributed by atoms with Crippen LogP contribution >= 0.6 is 0 Å². The van der Waals surface area contributed by atoms with Crippen molar-refractivity contribution < 1.29 is 19.2 Å². The van der Waals surface area contributed by atoms with Gasteiger partial charge in [-0.2, -0.15) is 0 Å². The van der Waals surface area contributed by atoms with Crippen molar-refractivity contribution in [3.8, 4) is 5.75 Å². The molecule has 5 heteroatoms. The average molecular weight is 246 g/mol. The van der Waals surface area contributed by atoms with E-state index in [1.165, 1.54) is 0 Å². The lowest BCUT2D eigenvalue weighted by Gasteiger charge is -2.22. The zero-order valence-corrected chi connectivity index (χ0v) is 10.5. The Balaban J connectivity index is 2.08. The molecule has 3 rings (SSSR count). The van der Waals surface area contributed by atoms with Gasteiger partial charge < -0.3 is 14.4 Å². The van der Waals surface area contributed by atoms with Gasteiger partial charge in [-0.15, -0.1) is 0 Å². The Morgan fingerprint density at radius 3 is 3.11 bits per heavy atom. The lowest BCUT2D eigenvalue weighted by atomic mass is 9.77. The van der Waals surface area contributed by atoms with Crippen LogP contribution in [0.15, 0.2) is 12.1 Å². The predicted molar refractivity (Wildman–Crippen MR) is 66.8 cm³/mol. The summed E-state index contributed by atoms with van der Waals surface area (Å²) in [5, 5.41) is 9.82. The third-order valence-electron chi connectivity index (χ3n) is 3.72. The van der Waals surface area contributed by atoms with Crippen LogP contribution in [0.3, 0.4) is 0 Å². The summed E-state index contributed by atoms with van der Waals surface area (Å²) in [6, 6.07) is 3.91. The largest absolute Gasteiger partial charge is 0.535 e. The second kappa shape index (κ2) is 4.02. The number of carbonyl (C=O) groups excluding carboxylic acids is 1. The van der Waals surface area contributed by atoms with E-state index in [0.29, 0.717) is 23.8 Å². The fraction of sp³-hybridized carbons (Fsp3) is 0.462. The number of carbonyl (C=O) groups is 1. The molecule has 1 saturated carbocycles. The molecule has 94 valence electrons. The molecule has 0 amide bonds. The number of fused-ring (bicyclic) bond motifs is 3. The van der Waals surface area contributed by atoms with Crippen LogP contribution in [0.4, 0.5) is 0 Å². The van der Waals surface area contributed by atoms with Gasteiger partial charge in [-0.25, -0.2) is 4.79 Å². The molecule has 1 aromatic rings.